The van der Waals surface area contributed by atoms with Crippen LogP contribution in [0.5, 0.6) is 0 Å². The Morgan fingerprint density at radius 1 is 1.45 bits per heavy atom. The number of allylic oxidation sites excluding steroid dienone is 1. The van der Waals surface area contributed by atoms with Gasteiger partial charge < -0.3 is 5.11 Å². The molecule has 11 heavy (non-hydrogen) atoms. The Bertz CT molecular complexity index is 185. The van der Waals surface area contributed by atoms with Crippen LogP contribution in [0.3, 0.4) is 0 Å². The topological polar surface area (TPSA) is 20.2 Å². The zero-order valence-corrected chi connectivity index (χ0v) is 7.09. The van der Waals surface area contributed by atoms with Gasteiger partial charge in [-0.3, -0.25) is 0 Å². The van der Waals surface area contributed by atoms with Crippen LogP contribution in [0.15, 0.2) is 12.2 Å². The monoisotopic (exact) mass is 152 g/mol. The third kappa shape index (κ3) is 1.02. The molecule has 0 aliphatic heterocycles. The van der Waals surface area contributed by atoms with E-state index in [-0.39, 0.29) is 5.60 Å². The van der Waals surface area contributed by atoms with Gasteiger partial charge in [-0.05, 0) is 31.6 Å². The van der Waals surface area contributed by atoms with Crippen LogP contribution in [-0.4, -0.2) is 10.7 Å². The highest BCUT2D eigenvalue weighted by Gasteiger charge is 2.41. The molecule has 0 radical (unpaired) electrons. The molecule has 1 nitrogen and oxygen atoms in total. The summed E-state index contributed by atoms with van der Waals surface area (Å²) in [4.78, 5) is 0. The molecule has 1 heteroatoms. The molecule has 1 saturated carbocycles. The molecule has 0 spiro atoms. The van der Waals surface area contributed by atoms with Gasteiger partial charge >= 0.3 is 0 Å². The molecule has 0 saturated heterocycles. The Morgan fingerprint density at radius 2 is 2.27 bits per heavy atom. The summed E-state index contributed by atoms with van der Waals surface area (Å²) in [5.74, 6) is 1.13. The standard InChI is InChI=1S/C10H16O/c1-2-10(11)7-8-3-5-9(10)6-4-8/h3,5,8-9,11H,2,4,6-7H2,1H3/t8-,9+,10+/m0/s1. The Morgan fingerprint density at radius 3 is 2.55 bits per heavy atom. The maximum absolute atomic E-state index is 10.1. The fraction of sp³-hybridized carbons (Fsp3) is 0.800. The molecule has 0 amide bonds. The Kier molecular flexibility index (Phi) is 1.57. The smallest absolute Gasteiger partial charge is 0.0713 e. The lowest BCUT2D eigenvalue weighted by Gasteiger charge is -2.44. The van der Waals surface area contributed by atoms with Crippen LogP contribution in [0.1, 0.15) is 32.6 Å². The van der Waals surface area contributed by atoms with E-state index in [0.717, 1.165) is 12.8 Å². The van der Waals surface area contributed by atoms with E-state index in [0.29, 0.717) is 11.8 Å². The number of hydrogen-bond acceptors (Lipinski definition) is 1. The Hall–Kier alpha value is -0.300. The fourth-order valence-corrected chi connectivity index (χ4v) is 2.51. The molecule has 0 aromatic rings. The molecule has 0 unspecified atom stereocenters. The molecule has 2 bridgehead atoms. The van der Waals surface area contributed by atoms with Crippen molar-refractivity contribution in [1.82, 2.24) is 0 Å². The minimum atomic E-state index is -0.350. The molecule has 3 aliphatic rings. The first-order valence-electron chi connectivity index (χ1n) is 4.65. The zero-order valence-electron chi connectivity index (χ0n) is 7.09. The van der Waals surface area contributed by atoms with E-state index in [2.05, 4.69) is 19.1 Å². The van der Waals surface area contributed by atoms with Crippen molar-refractivity contribution in [3.63, 3.8) is 0 Å². The van der Waals surface area contributed by atoms with Crippen molar-refractivity contribution in [2.75, 3.05) is 0 Å². The van der Waals surface area contributed by atoms with E-state index in [1.807, 2.05) is 0 Å². The molecule has 0 aromatic heterocycles. The van der Waals surface area contributed by atoms with Crippen molar-refractivity contribution in [3.05, 3.63) is 12.2 Å². The summed E-state index contributed by atoms with van der Waals surface area (Å²) in [7, 11) is 0. The minimum Gasteiger partial charge on any atom is -0.389 e. The molecule has 0 heterocycles. The van der Waals surface area contributed by atoms with Crippen molar-refractivity contribution >= 4 is 0 Å². The first kappa shape index (κ1) is 7.35. The summed E-state index contributed by atoms with van der Waals surface area (Å²) < 4.78 is 0. The van der Waals surface area contributed by atoms with Crippen molar-refractivity contribution in [2.24, 2.45) is 11.8 Å². The lowest BCUT2D eigenvalue weighted by Crippen LogP contribution is -2.44. The van der Waals surface area contributed by atoms with E-state index < -0.39 is 0 Å². The lowest BCUT2D eigenvalue weighted by molar-refractivity contribution is -0.0519. The van der Waals surface area contributed by atoms with Crippen molar-refractivity contribution in [3.8, 4) is 0 Å². The summed E-state index contributed by atoms with van der Waals surface area (Å²) in [5.41, 5.74) is -0.350. The van der Waals surface area contributed by atoms with Crippen LogP contribution in [0.25, 0.3) is 0 Å². The molecule has 3 rings (SSSR count). The molecule has 62 valence electrons. The Balaban J connectivity index is 2.23. The predicted molar refractivity (Wildman–Crippen MR) is 45.2 cm³/mol. The van der Waals surface area contributed by atoms with Gasteiger partial charge in [0, 0.05) is 5.92 Å². The number of rotatable bonds is 1. The largest absolute Gasteiger partial charge is 0.389 e. The lowest BCUT2D eigenvalue weighted by atomic mass is 9.65. The molecular weight excluding hydrogens is 136 g/mol. The van der Waals surface area contributed by atoms with Crippen LogP contribution in [-0.2, 0) is 0 Å². The van der Waals surface area contributed by atoms with Crippen LogP contribution in [0, 0.1) is 11.8 Å². The van der Waals surface area contributed by atoms with Gasteiger partial charge in [-0.2, -0.15) is 0 Å². The molecule has 0 aromatic carbocycles. The average molecular weight is 152 g/mol. The van der Waals surface area contributed by atoms with Gasteiger partial charge in [-0.1, -0.05) is 19.1 Å². The zero-order chi connectivity index (χ0) is 7.90. The third-order valence-corrected chi connectivity index (χ3v) is 3.38. The first-order chi connectivity index (χ1) is 5.24. The highest BCUT2D eigenvalue weighted by molar-refractivity contribution is 5.12. The van der Waals surface area contributed by atoms with Crippen LogP contribution in [0.4, 0.5) is 0 Å². The van der Waals surface area contributed by atoms with Crippen LogP contribution < -0.4 is 0 Å². The van der Waals surface area contributed by atoms with Crippen LogP contribution in [0.2, 0.25) is 0 Å². The van der Waals surface area contributed by atoms with Gasteiger partial charge in [-0.15, -0.1) is 0 Å². The maximum atomic E-state index is 10.1. The highest BCUT2D eigenvalue weighted by Crippen LogP contribution is 2.44. The average Bonchev–Trinajstić information content (AvgIpc) is 2.06. The van der Waals surface area contributed by atoms with Gasteiger partial charge in [-0.25, -0.2) is 0 Å². The normalized spacial score (nSPS) is 48.2. The van der Waals surface area contributed by atoms with Crippen LogP contribution >= 0.6 is 0 Å². The first-order valence-corrected chi connectivity index (χ1v) is 4.65. The number of fused-ring (bicyclic) bond motifs is 2. The fourth-order valence-electron chi connectivity index (χ4n) is 2.51. The Labute approximate surface area is 68.1 Å². The molecule has 3 aliphatic carbocycles. The summed E-state index contributed by atoms with van der Waals surface area (Å²) in [5, 5.41) is 10.1. The highest BCUT2D eigenvalue weighted by atomic mass is 16.3. The summed E-state index contributed by atoms with van der Waals surface area (Å²) in [6, 6.07) is 0. The van der Waals surface area contributed by atoms with Crippen molar-refractivity contribution < 1.29 is 5.11 Å². The van der Waals surface area contributed by atoms with E-state index in [9.17, 15) is 5.11 Å². The molecule has 1 fully saturated rings. The van der Waals surface area contributed by atoms with E-state index in [1.54, 1.807) is 0 Å². The van der Waals surface area contributed by atoms with Gasteiger partial charge in [0.2, 0.25) is 0 Å². The van der Waals surface area contributed by atoms with Gasteiger partial charge in [0.25, 0.3) is 0 Å². The maximum Gasteiger partial charge on any atom is 0.0713 e. The summed E-state index contributed by atoms with van der Waals surface area (Å²) in [6.45, 7) is 2.09. The SMILES string of the molecule is CC[C@@]1(O)C[C@H]2C=C[C@@H]1CC2. The quantitative estimate of drug-likeness (QED) is 0.570. The minimum absolute atomic E-state index is 0.350. The van der Waals surface area contributed by atoms with Gasteiger partial charge in [0.15, 0.2) is 0 Å². The molecule has 3 atom stereocenters. The second-order valence-corrected chi connectivity index (χ2v) is 3.99. The number of aliphatic hydroxyl groups is 1. The molecular formula is C10H16O. The third-order valence-electron chi connectivity index (χ3n) is 3.38. The van der Waals surface area contributed by atoms with Crippen molar-refractivity contribution in [2.45, 2.75) is 38.2 Å². The van der Waals surface area contributed by atoms with Crippen molar-refractivity contribution in [1.29, 1.82) is 0 Å². The van der Waals surface area contributed by atoms with E-state index in [1.165, 1.54) is 12.8 Å². The number of hydrogen-bond donors (Lipinski definition) is 1. The van der Waals surface area contributed by atoms with E-state index in [4.69, 9.17) is 0 Å². The second kappa shape index (κ2) is 2.34. The summed E-state index contributed by atoms with van der Waals surface area (Å²) >= 11 is 0. The van der Waals surface area contributed by atoms with E-state index >= 15 is 0 Å². The van der Waals surface area contributed by atoms with Gasteiger partial charge in [0.05, 0.1) is 5.60 Å². The second-order valence-electron chi connectivity index (χ2n) is 3.99. The predicted octanol–water partition coefficient (Wildman–Crippen LogP) is 2.11. The summed E-state index contributed by atoms with van der Waals surface area (Å²) in [6.07, 6.45) is 8.93. The van der Waals surface area contributed by atoms with Gasteiger partial charge in [0.1, 0.15) is 0 Å². The molecule has 1 N–H and O–H groups in total.